The molecule has 1 aliphatic carbocycles. The van der Waals surface area contributed by atoms with E-state index < -0.39 is 0 Å². The molecule has 1 fully saturated rings. The molecule has 2 heterocycles. The molecule has 1 aromatic heterocycles. The first-order valence-electron chi connectivity index (χ1n) is 17.2. The summed E-state index contributed by atoms with van der Waals surface area (Å²) in [5, 5.41) is 2.69. The topological polar surface area (TPSA) is 8.17 Å². The van der Waals surface area contributed by atoms with Crippen molar-refractivity contribution in [3.05, 3.63) is 100 Å². The van der Waals surface area contributed by atoms with Gasteiger partial charge in [-0.25, -0.2) is 0 Å². The van der Waals surface area contributed by atoms with Crippen LogP contribution >= 0.6 is 0 Å². The van der Waals surface area contributed by atoms with E-state index in [4.69, 9.17) is 0 Å². The highest BCUT2D eigenvalue weighted by atomic mass is 15.3. The molecular formula is C43H52N2. The van der Waals surface area contributed by atoms with Crippen molar-refractivity contribution in [1.82, 2.24) is 4.57 Å². The lowest BCUT2D eigenvalue weighted by Crippen LogP contribution is -2.54. The van der Waals surface area contributed by atoms with Gasteiger partial charge < -0.3 is 9.47 Å². The first-order valence-corrected chi connectivity index (χ1v) is 17.2. The number of benzene rings is 4. The normalized spacial score (nSPS) is 21.9. The van der Waals surface area contributed by atoms with Crippen LogP contribution in [0.25, 0.3) is 27.5 Å². The predicted molar refractivity (Wildman–Crippen MR) is 195 cm³/mol. The van der Waals surface area contributed by atoms with Crippen LogP contribution in [0.4, 0.5) is 11.4 Å². The summed E-state index contributed by atoms with van der Waals surface area (Å²) in [5.74, 6) is 0. The third-order valence-corrected chi connectivity index (χ3v) is 11.6. The summed E-state index contributed by atoms with van der Waals surface area (Å²) >= 11 is 0. The van der Waals surface area contributed by atoms with Crippen molar-refractivity contribution in [2.24, 2.45) is 0 Å². The van der Waals surface area contributed by atoms with Crippen molar-refractivity contribution >= 4 is 33.2 Å². The highest BCUT2D eigenvalue weighted by Crippen LogP contribution is 2.62. The Morgan fingerprint density at radius 1 is 0.600 bits per heavy atom. The number of nitrogens with zero attached hydrogens (tertiary/aromatic N) is 2. The van der Waals surface area contributed by atoms with Crippen LogP contribution in [0.15, 0.2) is 66.7 Å². The molecule has 2 heteroatoms. The number of fused-ring (bicyclic) bond motifs is 6. The highest BCUT2D eigenvalue weighted by molar-refractivity contribution is 6.10. The molecule has 0 radical (unpaired) electrons. The van der Waals surface area contributed by atoms with E-state index >= 15 is 0 Å². The second-order valence-electron chi connectivity index (χ2n) is 17.0. The number of hydrogen-bond acceptors (Lipinski definition) is 1. The molecule has 1 aliphatic heterocycles. The number of anilines is 2. The lowest BCUT2D eigenvalue weighted by atomic mass is 9.61. The smallest absolute Gasteiger partial charge is 0.0541 e. The molecular weight excluding hydrogens is 544 g/mol. The van der Waals surface area contributed by atoms with E-state index in [-0.39, 0.29) is 21.8 Å². The summed E-state index contributed by atoms with van der Waals surface area (Å²) in [6.45, 7) is 25.9. The number of aromatic nitrogens is 1. The summed E-state index contributed by atoms with van der Waals surface area (Å²) in [4.78, 5) is 2.75. The molecule has 5 aromatic rings. The minimum atomic E-state index is 0.0290. The lowest BCUT2D eigenvalue weighted by molar-refractivity contribution is 0.194. The SMILES string of the molecule is Cc1cc(N2c3cc(C)cc(C)c3C3(C)CCCCC23C)cc(-n2c3ccc(C(C)(C)C)cc3c3cc(C(C)(C)C)ccc32)c1. The Balaban J connectivity index is 1.51. The van der Waals surface area contributed by atoms with Crippen LogP contribution < -0.4 is 4.90 Å². The van der Waals surface area contributed by atoms with E-state index in [9.17, 15) is 0 Å². The summed E-state index contributed by atoms with van der Waals surface area (Å²) in [7, 11) is 0. The van der Waals surface area contributed by atoms with E-state index in [0.717, 1.165) is 0 Å². The zero-order valence-electron chi connectivity index (χ0n) is 29.6. The average molecular weight is 597 g/mol. The Morgan fingerprint density at radius 3 is 1.71 bits per heavy atom. The Labute approximate surface area is 271 Å². The molecule has 45 heavy (non-hydrogen) atoms. The van der Waals surface area contributed by atoms with Gasteiger partial charge in [0.25, 0.3) is 0 Å². The fourth-order valence-corrected chi connectivity index (χ4v) is 9.01. The van der Waals surface area contributed by atoms with Crippen LogP contribution in [0.1, 0.15) is 114 Å². The van der Waals surface area contributed by atoms with E-state index in [2.05, 4.69) is 152 Å². The molecule has 2 atom stereocenters. The minimum Gasteiger partial charge on any atom is -0.334 e. The molecule has 7 rings (SSSR count). The Hall–Kier alpha value is -3.52. The molecule has 0 N–H and O–H groups in total. The molecule has 2 unspecified atom stereocenters. The Bertz CT molecular complexity index is 1920. The van der Waals surface area contributed by atoms with Crippen molar-refractivity contribution in [2.45, 2.75) is 124 Å². The van der Waals surface area contributed by atoms with Gasteiger partial charge in [0.2, 0.25) is 0 Å². The molecule has 234 valence electrons. The van der Waals surface area contributed by atoms with Crippen LogP contribution in [0.2, 0.25) is 0 Å². The first-order chi connectivity index (χ1) is 21.0. The van der Waals surface area contributed by atoms with Crippen LogP contribution in [0.3, 0.4) is 0 Å². The molecule has 2 nitrogen and oxygen atoms in total. The lowest BCUT2D eigenvalue weighted by Gasteiger charge is -2.50. The Morgan fingerprint density at radius 2 is 1.13 bits per heavy atom. The fraction of sp³-hybridized carbons (Fsp3) is 0.442. The number of rotatable bonds is 2. The summed E-state index contributed by atoms with van der Waals surface area (Å²) in [6, 6.07) is 26.5. The third-order valence-electron chi connectivity index (χ3n) is 11.6. The number of aryl methyl sites for hydroxylation is 3. The maximum atomic E-state index is 2.75. The van der Waals surface area contributed by atoms with Gasteiger partial charge >= 0.3 is 0 Å². The van der Waals surface area contributed by atoms with Crippen molar-refractivity contribution in [2.75, 3.05) is 4.90 Å². The van der Waals surface area contributed by atoms with E-state index in [0.29, 0.717) is 0 Å². The van der Waals surface area contributed by atoms with Gasteiger partial charge in [-0.1, -0.05) is 79.5 Å². The summed E-state index contributed by atoms with van der Waals surface area (Å²) < 4.78 is 2.53. The predicted octanol–water partition coefficient (Wildman–Crippen LogP) is 12.0. The first kappa shape index (κ1) is 30.2. The summed E-state index contributed by atoms with van der Waals surface area (Å²) in [5.41, 5.74) is 15.3. The van der Waals surface area contributed by atoms with Gasteiger partial charge in [0, 0.05) is 33.2 Å². The van der Waals surface area contributed by atoms with Crippen molar-refractivity contribution in [3.8, 4) is 5.69 Å². The highest BCUT2D eigenvalue weighted by Gasteiger charge is 2.58. The van der Waals surface area contributed by atoms with Crippen LogP contribution in [0.5, 0.6) is 0 Å². The third kappa shape index (κ3) is 4.42. The van der Waals surface area contributed by atoms with Gasteiger partial charge in [-0.2, -0.15) is 0 Å². The maximum absolute atomic E-state index is 2.75. The van der Waals surface area contributed by atoms with Gasteiger partial charge in [0.1, 0.15) is 0 Å². The van der Waals surface area contributed by atoms with Crippen molar-refractivity contribution in [1.29, 1.82) is 0 Å². The van der Waals surface area contributed by atoms with Gasteiger partial charge in [0.05, 0.1) is 16.6 Å². The fourth-order valence-electron chi connectivity index (χ4n) is 9.01. The van der Waals surface area contributed by atoms with Gasteiger partial charge in [0.15, 0.2) is 0 Å². The molecule has 0 bridgehead atoms. The molecule has 1 saturated carbocycles. The minimum absolute atomic E-state index is 0.0290. The monoisotopic (exact) mass is 596 g/mol. The van der Waals surface area contributed by atoms with Gasteiger partial charge in [-0.05, 0) is 133 Å². The van der Waals surface area contributed by atoms with E-state index in [1.807, 2.05) is 0 Å². The summed E-state index contributed by atoms with van der Waals surface area (Å²) in [6.07, 6.45) is 5.04. The molecule has 2 aliphatic rings. The van der Waals surface area contributed by atoms with Gasteiger partial charge in [-0.15, -0.1) is 0 Å². The second kappa shape index (κ2) is 9.74. The molecule has 0 spiro atoms. The van der Waals surface area contributed by atoms with E-state index in [1.165, 1.54) is 92.4 Å². The molecule has 0 amide bonds. The maximum Gasteiger partial charge on any atom is 0.0541 e. The Kier molecular flexibility index (Phi) is 6.53. The zero-order chi connectivity index (χ0) is 32.3. The zero-order valence-corrected chi connectivity index (χ0v) is 29.6. The number of hydrogen-bond donors (Lipinski definition) is 0. The van der Waals surface area contributed by atoms with Gasteiger partial charge in [-0.3, -0.25) is 0 Å². The quantitative estimate of drug-likeness (QED) is 0.197. The molecule has 0 saturated heterocycles. The van der Waals surface area contributed by atoms with Crippen molar-refractivity contribution in [3.63, 3.8) is 0 Å². The van der Waals surface area contributed by atoms with Crippen molar-refractivity contribution < 1.29 is 0 Å². The second-order valence-corrected chi connectivity index (χ2v) is 17.0. The van der Waals surface area contributed by atoms with Crippen LogP contribution in [-0.4, -0.2) is 10.1 Å². The standard InChI is InChI=1S/C43H52N2/c1-27-20-29(3)39-38(23-27)45(43(11)19-13-12-18-42(39,43)10)33-22-28(2)21-32(26-33)44-36-16-14-30(40(4,5)6)24-34(36)35-25-31(41(7,8)9)15-17-37(35)44/h14-17,20-26H,12-13,18-19H2,1-11H3. The van der Waals surface area contributed by atoms with Crippen LogP contribution in [0, 0.1) is 20.8 Å². The van der Waals surface area contributed by atoms with Crippen LogP contribution in [-0.2, 0) is 16.2 Å². The van der Waals surface area contributed by atoms with E-state index in [1.54, 1.807) is 5.56 Å². The molecule has 4 aromatic carbocycles. The average Bonchev–Trinajstić information content (AvgIpc) is 3.37. The largest absolute Gasteiger partial charge is 0.334 e.